The first-order chi connectivity index (χ1) is 13.4. The number of hydrogen-bond donors (Lipinski definition) is 1. The van der Waals surface area contributed by atoms with Crippen LogP contribution in [0.25, 0.3) is 0 Å². The van der Waals surface area contributed by atoms with E-state index in [1.807, 2.05) is 32.9 Å². The molecule has 2 aromatic carbocycles. The average molecular weight is 381 g/mol. The minimum atomic E-state index is -0.370. The normalized spacial score (nSPS) is 10.4. The van der Waals surface area contributed by atoms with Gasteiger partial charge in [0, 0.05) is 24.1 Å². The number of nitrogens with one attached hydrogen (secondary N) is 1. The number of esters is 1. The molecular formula is C23H27NO4. The summed E-state index contributed by atoms with van der Waals surface area (Å²) in [5, 5.41) is 2.74. The van der Waals surface area contributed by atoms with E-state index in [0.29, 0.717) is 23.4 Å². The maximum atomic E-state index is 12.3. The van der Waals surface area contributed by atoms with Gasteiger partial charge in [-0.05, 0) is 61.7 Å². The second-order valence-electron chi connectivity index (χ2n) is 6.84. The molecule has 0 heterocycles. The lowest BCUT2D eigenvalue weighted by Crippen LogP contribution is -2.14. The van der Waals surface area contributed by atoms with Crippen molar-refractivity contribution in [2.45, 2.75) is 46.5 Å². The monoisotopic (exact) mass is 381 g/mol. The molecule has 0 saturated carbocycles. The molecule has 0 aliphatic rings. The van der Waals surface area contributed by atoms with Gasteiger partial charge in [-0.3, -0.25) is 9.59 Å². The Kier molecular flexibility index (Phi) is 7.93. The standard InChI is InChI=1S/C23H27NO4/c1-4-5-14-28-23(27)18-8-10-20(11-9-18)24-22(26)13-12-21(25)19-7-6-16(2)17(3)15-19/h6-11,15H,4-5,12-14H2,1-3H3,(H,24,26). The SMILES string of the molecule is CCCCOC(=O)c1ccc(NC(=O)CCC(=O)c2ccc(C)c(C)c2)cc1. The predicted molar refractivity (Wildman–Crippen MR) is 110 cm³/mol. The van der Waals surface area contributed by atoms with Crippen LogP contribution in [0.4, 0.5) is 5.69 Å². The van der Waals surface area contributed by atoms with Crippen molar-refractivity contribution in [1.29, 1.82) is 0 Å². The average Bonchev–Trinajstić information content (AvgIpc) is 2.69. The van der Waals surface area contributed by atoms with Gasteiger partial charge in [-0.15, -0.1) is 0 Å². The molecule has 0 spiro atoms. The molecule has 2 rings (SSSR count). The first-order valence-electron chi connectivity index (χ1n) is 9.58. The van der Waals surface area contributed by atoms with Gasteiger partial charge < -0.3 is 10.1 Å². The minimum Gasteiger partial charge on any atom is -0.462 e. The number of hydrogen-bond acceptors (Lipinski definition) is 4. The first kappa shape index (κ1) is 21.4. The number of unbranched alkanes of at least 4 members (excludes halogenated alkanes) is 1. The van der Waals surface area contributed by atoms with Crippen LogP contribution in [0.15, 0.2) is 42.5 Å². The summed E-state index contributed by atoms with van der Waals surface area (Å²) in [7, 11) is 0. The number of rotatable bonds is 9. The fourth-order valence-corrected chi connectivity index (χ4v) is 2.59. The van der Waals surface area contributed by atoms with Gasteiger partial charge in [-0.1, -0.05) is 25.5 Å². The van der Waals surface area contributed by atoms with Crippen molar-refractivity contribution < 1.29 is 19.1 Å². The summed E-state index contributed by atoms with van der Waals surface area (Å²) in [5.41, 5.74) is 3.84. The summed E-state index contributed by atoms with van der Waals surface area (Å²) in [5.74, 6) is -0.663. The Morgan fingerprint density at radius 2 is 1.57 bits per heavy atom. The molecule has 148 valence electrons. The van der Waals surface area contributed by atoms with E-state index in [2.05, 4.69) is 5.32 Å². The molecule has 0 bridgehead atoms. The van der Waals surface area contributed by atoms with E-state index in [1.54, 1.807) is 30.3 Å². The van der Waals surface area contributed by atoms with Gasteiger partial charge in [0.2, 0.25) is 5.91 Å². The van der Waals surface area contributed by atoms with Gasteiger partial charge in [-0.25, -0.2) is 4.79 Å². The second kappa shape index (κ2) is 10.4. The molecule has 0 atom stereocenters. The Balaban J connectivity index is 1.83. The lowest BCUT2D eigenvalue weighted by atomic mass is 10.0. The quantitative estimate of drug-likeness (QED) is 0.382. The zero-order chi connectivity index (χ0) is 20.5. The number of ketones is 1. The van der Waals surface area contributed by atoms with Gasteiger partial charge in [-0.2, -0.15) is 0 Å². The number of amides is 1. The highest BCUT2D eigenvalue weighted by atomic mass is 16.5. The zero-order valence-electron chi connectivity index (χ0n) is 16.7. The fraction of sp³-hybridized carbons (Fsp3) is 0.348. The van der Waals surface area contributed by atoms with Crippen molar-refractivity contribution in [2.75, 3.05) is 11.9 Å². The molecule has 2 aromatic rings. The number of aryl methyl sites for hydroxylation is 2. The van der Waals surface area contributed by atoms with Crippen LogP contribution in [0.2, 0.25) is 0 Å². The second-order valence-corrected chi connectivity index (χ2v) is 6.84. The number of carbonyl (C=O) groups is 3. The number of carbonyl (C=O) groups excluding carboxylic acids is 3. The van der Waals surface area contributed by atoms with Crippen molar-refractivity contribution in [3.8, 4) is 0 Å². The summed E-state index contributed by atoms with van der Waals surface area (Å²) in [6, 6.07) is 12.1. The first-order valence-corrected chi connectivity index (χ1v) is 9.58. The molecule has 1 N–H and O–H groups in total. The maximum Gasteiger partial charge on any atom is 0.338 e. The highest BCUT2D eigenvalue weighted by Crippen LogP contribution is 2.14. The topological polar surface area (TPSA) is 72.5 Å². The van der Waals surface area contributed by atoms with E-state index >= 15 is 0 Å². The fourth-order valence-electron chi connectivity index (χ4n) is 2.59. The van der Waals surface area contributed by atoms with E-state index in [-0.39, 0.29) is 30.5 Å². The maximum absolute atomic E-state index is 12.3. The Bertz CT molecular complexity index is 840. The molecule has 5 heteroatoms. The number of benzene rings is 2. The number of anilines is 1. The molecule has 0 radical (unpaired) electrons. The van der Waals surface area contributed by atoms with Crippen molar-refractivity contribution in [1.82, 2.24) is 0 Å². The summed E-state index contributed by atoms with van der Waals surface area (Å²) >= 11 is 0. The molecule has 0 saturated heterocycles. The Hall–Kier alpha value is -2.95. The van der Waals surface area contributed by atoms with Gasteiger partial charge in [0.05, 0.1) is 12.2 Å². The Labute approximate surface area is 166 Å². The molecular weight excluding hydrogens is 354 g/mol. The van der Waals surface area contributed by atoms with Gasteiger partial charge >= 0.3 is 5.97 Å². The summed E-state index contributed by atoms with van der Waals surface area (Å²) in [6.07, 6.45) is 2.05. The van der Waals surface area contributed by atoms with Crippen LogP contribution in [0.5, 0.6) is 0 Å². The summed E-state index contributed by atoms with van der Waals surface area (Å²) in [4.78, 5) is 36.2. The van der Waals surface area contributed by atoms with Crippen molar-refractivity contribution in [2.24, 2.45) is 0 Å². The number of Topliss-reactive ketones (excluding diaryl/α,β-unsaturated/α-hetero) is 1. The van der Waals surface area contributed by atoms with Crippen molar-refractivity contribution in [3.63, 3.8) is 0 Å². The predicted octanol–water partition coefficient (Wildman–Crippen LogP) is 4.86. The van der Waals surface area contributed by atoms with Crippen LogP contribution in [-0.4, -0.2) is 24.3 Å². The molecule has 28 heavy (non-hydrogen) atoms. The van der Waals surface area contributed by atoms with Crippen LogP contribution in [-0.2, 0) is 9.53 Å². The van der Waals surface area contributed by atoms with E-state index in [9.17, 15) is 14.4 Å². The largest absolute Gasteiger partial charge is 0.462 e. The molecule has 0 aliphatic carbocycles. The Morgan fingerprint density at radius 3 is 2.21 bits per heavy atom. The lowest BCUT2D eigenvalue weighted by Gasteiger charge is -2.08. The molecule has 0 unspecified atom stereocenters. The lowest BCUT2D eigenvalue weighted by molar-refractivity contribution is -0.116. The van der Waals surface area contributed by atoms with Gasteiger partial charge in [0.1, 0.15) is 0 Å². The third-order valence-electron chi connectivity index (χ3n) is 4.54. The smallest absolute Gasteiger partial charge is 0.338 e. The van der Waals surface area contributed by atoms with Crippen LogP contribution in [0, 0.1) is 13.8 Å². The van der Waals surface area contributed by atoms with Crippen LogP contribution in [0.3, 0.4) is 0 Å². The zero-order valence-corrected chi connectivity index (χ0v) is 16.7. The van der Waals surface area contributed by atoms with Crippen LogP contribution >= 0.6 is 0 Å². The summed E-state index contributed by atoms with van der Waals surface area (Å²) < 4.78 is 5.15. The van der Waals surface area contributed by atoms with E-state index in [0.717, 1.165) is 24.0 Å². The van der Waals surface area contributed by atoms with E-state index < -0.39 is 0 Å². The van der Waals surface area contributed by atoms with Crippen LogP contribution in [0.1, 0.15) is 64.4 Å². The third-order valence-corrected chi connectivity index (χ3v) is 4.54. The van der Waals surface area contributed by atoms with E-state index in [1.165, 1.54) is 0 Å². The highest BCUT2D eigenvalue weighted by molar-refractivity contribution is 6.00. The van der Waals surface area contributed by atoms with Gasteiger partial charge in [0.25, 0.3) is 0 Å². The minimum absolute atomic E-state index is 0.0524. The molecule has 5 nitrogen and oxygen atoms in total. The third kappa shape index (κ3) is 6.34. The van der Waals surface area contributed by atoms with Crippen molar-refractivity contribution >= 4 is 23.3 Å². The highest BCUT2D eigenvalue weighted by Gasteiger charge is 2.11. The van der Waals surface area contributed by atoms with Crippen LogP contribution < -0.4 is 5.32 Å². The summed E-state index contributed by atoms with van der Waals surface area (Å²) in [6.45, 7) is 6.39. The molecule has 0 aliphatic heterocycles. The Morgan fingerprint density at radius 1 is 0.893 bits per heavy atom. The van der Waals surface area contributed by atoms with E-state index in [4.69, 9.17) is 4.74 Å². The van der Waals surface area contributed by atoms with Gasteiger partial charge in [0.15, 0.2) is 5.78 Å². The molecule has 0 fully saturated rings. The molecule has 1 amide bonds. The molecule has 0 aromatic heterocycles. The number of ether oxygens (including phenoxy) is 1. The van der Waals surface area contributed by atoms with Crippen molar-refractivity contribution in [3.05, 3.63) is 64.7 Å².